The molecule has 0 aromatic heterocycles. The summed E-state index contributed by atoms with van der Waals surface area (Å²) in [5.41, 5.74) is 2.23. The lowest BCUT2D eigenvalue weighted by Crippen LogP contribution is -2.41. The number of carbonyl (C=O) groups excluding carboxylic acids is 3. The molecule has 0 unspecified atom stereocenters. The van der Waals surface area contributed by atoms with Crippen LogP contribution >= 0.6 is 0 Å². The van der Waals surface area contributed by atoms with E-state index in [-0.39, 0.29) is 36.1 Å². The summed E-state index contributed by atoms with van der Waals surface area (Å²) in [6.45, 7) is 4.35. The number of morpholine rings is 1. The van der Waals surface area contributed by atoms with Crippen molar-refractivity contribution >= 4 is 17.7 Å². The van der Waals surface area contributed by atoms with E-state index in [1.165, 1.54) is 10.5 Å². The van der Waals surface area contributed by atoms with Gasteiger partial charge in [0.1, 0.15) is 6.54 Å². The molecule has 0 bridgehead atoms. The molecule has 3 aliphatic rings. The third-order valence-electron chi connectivity index (χ3n) is 6.33. The number of carbonyl (C=O) groups is 3. The van der Waals surface area contributed by atoms with E-state index >= 15 is 0 Å². The van der Waals surface area contributed by atoms with Gasteiger partial charge in [-0.25, -0.2) is 0 Å². The van der Waals surface area contributed by atoms with Crippen molar-refractivity contribution in [3.8, 4) is 0 Å². The highest BCUT2D eigenvalue weighted by Crippen LogP contribution is 2.37. The van der Waals surface area contributed by atoms with Crippen LogP contribution in [0.2, 0.25) is 0 Å². The van der Waals surface area contributed by atoms with E-state index in [1.807, 2.05) is 18.2 Å². The Morgan fingerprint density at radius 3 is 2.28 bits per heavy atom. The summed E-state index contributed by atoms with van der Waals surface area (Å²) in [6, 6.07) is 8.05. The molecule has 7 heteroatoms. The number of rotatable bonds is 6. The molecule has 3 amide bonds. The summed E-state index contributed by atoms with van der Waals surface area (Å²) in [5, 5.41) is 2.90. The fraction of sp³-hybridized carbons (Fsp3) is 0.591. The zero-order valence-corrected chi connectivity index (χ0v) is 16.8. The zero-order valence-electron chi connectivity index (χ0n) is 16.8. The Hall–Kier alpha value is -2.25. The molecule has 156 valence electrons. The second-order valence-electron chi connectivity index (χ2n) is 8.19. The minimum atomic E-state index is -0.286. The van der Waals surface area contributed by atoms with Crippen LogP contribution in [-0.2, 0) is 32.2 Å². The molecule has 2 aliphatic heterocycles. The molecular weight excluding hydrogens is 370 g/mol. The standard InChI is InChI=1S/C22H29N3O4/c26-20(15-25-21(27)18-7-3-4-8-19(18)22(25)28)23-13-16-5-1-2-6-17(16)14-24-9-11-29-12-10-24/h1-2,5-6,18-19H,3-4,7-15H2,(H,23,26)/t18-,19-/m1/s1. The summed E-state index contributed by atoms with van der Waals surface area (Å²) in [5.74, 6) is -1.03. The summed E-state index contributed by atoms with van der Waals surface area (Å²) in [4.78, 5) is 41.1. The molecule has 2 saturated heterocycles. The Labute approximate surface area is 171 Å². The lowest BCUT2D eigenvalue weighted by molar-refractivity contribution is -0.143. The third-order valence-corrected chi connectivity index (χ3v) is 6.33. The number of benzene rings is 1. The van der Waals surface area contributed by atoms with Crippen LogP contribution < -0.4 is 5.32 Å². The summed E-state index contributed by atoms with van der Waals surface area (Å²) in [6.07, 6.45) is 3.50. The third kappa shape index (κ3) is 4.51. The number of likely N-dealkylation sites (tertiary alicyclic amines) is 1. The van der Waals surface area contributed by atoms with Crippen molar-refractivity contribution in [2.45, 2.75) is 38.8 Å². The van der Waals surface area contributed by atoms with Crippen LogP contribution in [0.25, 0.3) is 0 Å². The molecule has 3 fully saturated rings. The second kappa shape index (κ2) is 9.05. The monoisotopic (exact) mass is 399 g/mol. The van der Waals surface area contributed by atoms with Gasteiger partial charge in [0.25, 0.3) is 0 Å². The van der Waals surface area contributed by atoms with Crippen molar-refractivity contribution in [1.29, 1.82) is 0 Å². The second-order valence-corrected chi connectivity index (χ2v) is 8.19. The molecule has 29 heavy (non-hydrogen) atoms. The molecule has 1 aromatic carbocycles. The van der Waals surface area contributed by atoms with Gasteiger partial charge in [0.15, 0.2) is 0 Å². The Bertz CT molecular complexity index is 751. The van der Waals surface area contributed by atoms with Crippen molar-refractivity contribution in [3.05, 3.63) is 35.4 Å². The van der Waals surface area contributed by atoms with Crippen molar-refractivity contribution in [2.75, 3.05) is 32.8 Å². The molecule has 1 aliphatic carbocycles. The molecule has 2 atom stereocenters. The van der Waals surface area contributed by atoms with Gasteiger partial charge in [-0.3, -0.25) is 24.2 Å². The minimum absolute atomic E-state index is 0.164. The van der Waals surface area contributed by atoms with Gasteiger partial charge >= 0.3 is 0 Å². The van der Waals surface area contributed by atoms with Gasteiger partial charge in [0.2, 0.25) is 17.7 Å². The molecule has 7 nitrogen and oxygen atoms in total. The zero-order chi connectivity index (χ0) is 20.2. The molecule has 1 N–H and O–H groups in total. The molecule has 1 aromatic rings. The van der Waals surface area contributed by atoms with E-state index in [2.05, 4.69) is 16.3 Å². The molecule has 0 spiro atoms. The van der Waals surface area contributed by atoms with Gasteiger partial charge in [-0.05, 0) is 24.0 Å². The molecule has 4 rings (SSSR count). The van der Waals surface area contributed by atoms with Crippen LogP contribution in [0.1, 0.15) is 36.8 Å². The highest BCUT2D eigenvalue weighted by atomic mass is 16.5. The van der Waals surface area contributed by atoms with Gasteiger partial charge in [0, 0.05) is 26.2 Å². The summed E-state index contributed by atoms with van der Waals surface area (Å²) in [7, 11) is 0. The number of hydrogen-bond acceptors (Lipinski definition) is 5. The molecular formula is C22H29N3O4. The minimum Gasteiger partial charge on any atom is -0.379 e. The van der Waals surface area contributed by atoms with E-state index in [1.54, 1.807) is 0 Å². The lowest BCUT2D eigenvalue weighted by Gasteiger charge is -2.27. The Morgan fingerprint density at radius 2 is 1.62 bits per heavy atom. The van der Waals surface area contributed by atoms with Crippen LogP contribution in [0.5, 0.6) is 0 Å². The smallest absolute Gasteiger partial charge is 0.240 e. The number of imide groups is 1. The number of hydrogen-bond donors (Lipinski definition) is 1. The van der Waals surface area contributed by atoms with Crippen molar-refractivity contribution in [1.82, 2.24) is 15.1 Å². The maximum absolute atomic E-state index is 12.5. The highest BCUT2D eigenvalue weighted by Gasteiger charge is 2.48. The van der Waals surface area contributed by atoms with E-state index < -0.39 is 0 Å². The van der Waals surface area contributed by atoms with Crippen molar-refractivity contribution < 1.29 is 19.1 Å². The normalized spacial score (nSPS) is 25.2. The fourth-order valence-corrected chi connectivity index (χ4v) is 4.66. The Kier molecular flexibility index (Phi) is 6.25. The highest BCUT2D eigenvalue weighted by molar-refractivity contribution is 6.07. The molecule has 1 saturated carbocycles. The predicted octanol–water partition coefficient (Wildman–Crippen LogP) is 1.31. The van der Waals surface area contributed by atoms with Gasteiger partial charge in [-0.2, -0.15) is 0 Å². The topological polar surface area (TPSA) is 79.0 Å². The average Bonchev–Trinajstić information content (AvgIpc) is 2.99. The van der Waals surface area contributed by atoms with Gasteiger partial charge in [-0.1, -0.05) is 37.1 Å². The molecule has 2 heterocycles. The quantitative estimate of drug-likeness (QED) is 0.730. The first-order chi connectivity index (χ1) is 14.1. The van der Waals surface area contributed by atoms with Crippen LogP contribution in [0.15, 0.2) is 24.3 Å². The predicted molar refractivity (Wildman–Crippen MR) is 107 cm³/mol. The number of nitrogens with zero attached hydrogens (tertiary/aromatic N) is 2. The Balaban J connectivity index is 1.33. The molecule has 0 radical (unpaired) electrons. The van der Waals surface area contributed by atoms with E-state index in [9.17, 15) is 14.4 Å². The van der Waals surface area contributed by atoms with Gasteiger partial charge < -0.3 is 10.1 Å². The average molecular weight is 399 g/mol. The first kappa shape index (κ1) is 20.0. The van der Waals surface area contributed by atoms with Gasteiger partial charge in [0.05, 0.1) is 25.0 Å². The van der Waals surface area contributed by atoms with E-state index in [4.69, 9.17) is 4.74 Å². The van der Waals surface area contributed by atoms with Crippen molar-refractivity contribution in [2.24, 2.45) is 11.8 Å². The summed E-state index contributed by atoms with van der Waals surface area (Å²) >= 11 is 0. The lowest BCUT2D eigenvalue weighted by atomic mass is 9.81. The van der Waals surface area contributed by atoms with E-state index in [0.717, 1.165) is 64.1 Å². The SMILES string of the molecule is O=C(CN1C(=O)[C@@H]2CCCC[C@H]2C1=O)NCc1ccccc1CN1CCOCC1. The fourth-order valence-electron chi connectivity index (χ4n) is 4.66. The van der Waals surface area contributed by atoms with E-state index in [0.29, 0.717) is 6.54 Å². The first-order valence-corrected chi connectivity index (χ1v) is 10.6. The van der Waals surface area contributed by atoms with Crippen LogP contribution in [0, 0.1) is 11.8 Å². The number of nitrogens with one attached hydrogen (secondary N) is 1. The number of amides is 3. The maximum Gasteiger partial charge on any atom is 0.240 e. The Morgan fingerprint density at radius 1 is 1.00 bits per heavy atom. The maximum atomic E-state index is 12.5. The number of fused-ring (bicyclic) bond motifs is 1. The van der Waals surface area contributed by atoms with Gasteiger partial charge in [-0.15, -0.1) is 0 Å². The largest absolute Gasteiger partial charge is 0.379 e. The van der Waals surface area contributed by atoms with Crippen LogP contribution in [-0.4, -0.2) is 60.4 Å². The first-order valence-electron chi connectivity index (χ1n) is 10.6. The van der Waals surface area contributed by atoms with Crippen molar-refractivity contribution in [3.63, 3.8) is 0 Å². The number of ether oxygens (including phenoxy) is 1. The summed E-state index contributed by atoms with van der Waals surface area (Å²) < 4.78 is 5.40. The van der Waals surface area contributed by atoms with Crippen LogP contribution in [0.4, 0.5) is 0 Å². The van der Waals surface area contributed by atoms with Crippen LogP contribution in [0.3, 0.4) is 0 Å².